The van der Waals surface area contributed by atoms with Gasteiger partial charge in [0.25, 0.3) is 0 Å². The Labute approximate surface area is 194 Å². The quantitative estimate of drug-likeness (QED) is 0.430. The summed E-state index contributed by atoms with van der Waals surface area (Å²) in [5, 5.41) is 18.3. The maximum absolute atomic E-state index is 10.6. The molecule has 4 aromatic rings. The molecule has 1 aliphatic rings. The fourth-order valence-corrected chi connectivity index (χ4v) is 5.73. The lowest BCUT2D eigenvalue weighted by Gasteiger charge is -2.20. The molecule has 2 N–H and O–H groups in total. The Morgan fingerprint density at radius 2 is 1.88 bits per heavy atom. The van der Waals surface area contributed by atoms with E-state index in [0.717, 1.165) is 50.0 Å². The first kappa shape index (κ1) is 23.4. The van der Waals surface area contributed by atoms with E-state index in [0.29, 0.717) is 5.92 Å². The smallest absolute Gasteiger partial charge is 0.490 e. The van der Waals surface area contributed by atoms with Gasteiger partial charge in [0.15, 0.2) is 9.66 Å². The summed E-state index contributed by atoms with van der Waals surface area (Å²) in [6.45, 7) is 2.17. The number of carbonyl (C=O) groups is 1. The number of aliphatic carboxylic acids is 1. The van der Waals surface area contributed by atoms with Gasteiger partial charge in [0.05, 0.1) is 12.1 Å². The molecular formula is C20H20F3N5O3S2. The van der Waals surface area contributed by atoms with E-state index in [1.54, 1.807) is 29.8 Å². The van der Waals surface area contributed by atoms with E-state index in [1.807, 2.05) is 24.0 Å². The Morgan fingerprint density at radius 3 is 2.48 bits per heavy atom. The number of hydrogen-bond acceptors (Lipinski definition) is 8. The fourth-order valence-electron chi connectivity index (χ4n) is 3.53. The molecule has 13 heteroatoms. The summed E-state index contributed by atoms with van der Waals surface area (Å²) in [5.74, 6) is -1.40. The molecule has 1 aromatic carbocycles. The van der Waals surface area contributed by atoms with Crippen LogP contribution in [0.25, 0.3) is 31.1 Å². The van der Waals surface area contributed by atoms with Crippen molar-refractivity contribution in [1.29, 1.82) is 0 Å². The van der Waals surface area contributed by atoms with Crippen molar-refractivity contribution in [3.8, 4) is 16.3 Å². The number of ether oxygens (including phenoxy) is 1. The van der Waals surface area contributed by atoms with Gasteiger partial charge >= 0.3 is 12.1 Å². The van der Waals surface area contributed by atoms with Gasteiger partial charge in [0.2, 0.25) is 0 Å². The summed E-state index contributed by atoms with van der Waals surface area (Å²) in [6.07, 6.45) is -0.740. The van der Waals surface area contributed by atoms with Crippen LogP contribution in [0.5, 0.6) is 5.75 Å². The average molecular weight is 500 g/mol. The van der Waals surface area contributed by atoms with Crippen LogP contribution >= 0.6 is 22.7 Å². The number of fused-ring (bicyclic) bond motifs is 2. The number of carboxylic acid groups (broad SMARTS) is 1. The highest BCUT2D eigenvalue weighted by Gasteiger charge is 2.38. The maximum atomic E-state index is 10.6. The Kier molecular flexibility index (Phi) is 6.54. The Balaban J connectivity index is 0.000000325. The zero-order chi connectivity index (χ0) is 23.8. The zero-order valence-corrected chi connectivity index (χ0v) is 19.3. The number of aromatic nitrogens is 4. The highest BCUT2D eigenvalue weighted by atomic mass is 32.1. The van der Waals surface area contributed by atoms with Crippen molar-refractivity contribution in [3.63, 3.8) is 0 Å². The van der Waals surface area contributed by atoms with Crippen molar-refractivity contribution in [3.05, 3.63) is 23.3 Å². The SMILES string of the molecule is COc1cc(-c2nc3sc(C4CCNCC4)nc3s2)cc2cn(C)nc12.O=C(O)C(F)(F)F. The molecule has 176 valence electrons. The highest BCUT2D eigenvalue weighted by Crippen LogP contribution is 2.39. The Hall–Kier alpha value is -2.77. The van der Waals surface area contributed by atoms with Gasteiger partial charge in [-0.2, -0.15) is 18.3 Å². The minimum Gasteiger partial charge on any atom is -0.494 e. The maximum Gasteiger partial charge on any atom is 0.490 e. The van der Waals surface area contributed by atoms with Crippen LogP contribution in [0.3, 0.4) is 0 Å². The molecule has 8 nitrogen and oxygen atoms in total. The van der Waals surface area contributed by atoms with Gasteiger partial charge in [-0.15, -0.1) is 0 Å². The Bertz CT molecular complexity index is 1260. The van der Waals surface area contributed by atoms with E-state index in [2.05, 4.69) is 16.5 Å². The second-order valence-corrected chi connectivity index (χ2v) is 9.41. The van der Waals surface area contributed by atoms with Crippen molar-refractivity contribution < 1.29 is 27.8 Å². The van der Waals surface area contributed by atoms with E-state index in [-0.39, 0.29) is 0 Å². The third-order valence-electron chi connectivity index (χ3n) is 5.08. The van der Waals surface area contributed by atoms with Crippen molar-refractivity contribution >= 4 is 49.2 Å². The number of methoxy groups -OCH3 is 1. The number of halogens is 3. The number of alkyl halides is 3. The van der Waals surface area contributed by atoms with E-state index in [4.69, 9.17) is 24.6 Å². The number of thiazole rings is 2. The second kappa shape index (κ2) is 9.23. The molecule has 0 unspecified atom stereocenters. The lowest BCUT2D eigenvalue weighted by atomic mass is 9.99. The standard InChI is InChI=1S/C18H19N5OS2.C2HF3O2/c1-23-9-12-7-11(8-13(24-2)14(12)22-23)16-21-18-17(26-16)20-15(25-18)10-3-5-19-6-4-10;3-2(4,5)1(6)7/h7-10,19H,3-6H2,1-2H3;(H,6,7). The molecule has 0 amide bonds. The number of carboxylic acids is 1. The summed E-state index contributed by atoms with van der Waals surface area (Å²) in [7, 11) is 3.60. The van der Waals surface area contributed by atoms with Crippen LogP contribution in [0.15, 0.2) is 18.3 Å². The number of benzene rings is 1. The van der Waals surface area contributed by atoms with Crippen LogP contribution in [0, 0.1) is 0 Å². The van der Waals surface area contributed by atoms with Crippen LogP contribution in [0.4, 0.5) is 13.2 Å². The molecule has 5 rings (SSSR count). The summed E-state index contributed by atoms with van der Waals surface area (Å²) in [5.41, 5.74) is 1.93. The molecule has 0 aliphatic carbocycles. The number of piperidine rings is 1. The van der Waals surface area contributed by atoms with Gasteiger partial charge in [-0.1, -0.05) is 22.7 Å². The van der Waals surface area contributed by atoms with Crippen LogP contribution in [0.1, 0.15) is 23.8 Å². The third-order valence-corrected chi connectivity index (χ3v) is 7.32. The summed E-state index contributed by atoms with van der Waals surface area (Å²) >= 11 is 3.41. The molecule has 0 saturated carbocycles. The van der Waals surface area contributed by atoms with Crippen molar-refractivity contribution in [2.45, 2.75) is 24.9 Å². The number of rotatable bonds is 3. The molecule has 1 aliphatic heterocycles. The molecule has 0 bridgehead atoms. The van der Waals surface area contributed by atoms with Gasteiger partial charge in [-0.25, -0.2) is 14.8 Å². The molecule has 1 fully saturated rings. The first-order valence-corrected chi connectivity index (χ1v) is 11.6. The molecule has 0 atom stereocenters. The molecule has 4 heterocycles. The minimum absolute atomic E-state index is 0.581. The fraction of sp³-hybridized carbons (Fsp3) is 0.400. The van der Waals surface area contributed by atoms with Crippen LogP contribution in [0.2, 0.25) is 0 Å². The molecule has 1 saturated heterocycles. The van der Waals surface area contributed by atoms with Crippen molar-refractivity contribution in [2.24, 2.45) is 7.05 Å². The predicted molar refractivity (Wildman–Crippen MR) is 120 cm³/mol. The molecule has 0 radical (unpaired) electrons. The van der Waals surface area contributed by atoms with Crippen molar-refractivity contribution in [1.82, 2.24) is 25.1 Å². The molecule has 3 aromatic heterocycles. The minimum atomic E-state index is -5.08. The lowest BCUT2D eigenvalue weighted by Crippen LogP contribution is -2.26. The first-order chi connectivity index (χ1) is 15.7. The van der Waals surface area contributed by atoms with Crippen LogP contribution in [-0.4, -0.2) is 57.2 Å². The van der Waals surface area contributed by atoms with Gasteiger partial charge in [-0.05, 0) is 38.1 Å². The normalized spacial score (nSPS) is 14.9. The van der Waals surface area contributed by atoms with Gasteiger partial charge < -0.3 is 15.2 Å². The lowest BCUT2D eigenvalue weighted by molar-refractivity contribution is -0.192. The summed E-state index contributed by atoms with van der Waals surface area (Å²) in [4.78, 5) is 20.7. The van der Waals surface area contributed by atoms with Gasteiger partial charge in [0, 0.05) is 30.1 Å². The number of nitrogens with zero attached hydrogens (tertiary/aromatic N) is 4. The van der Waals surface area contributed by atoms with Gasteiger partial charge in [-0.3, -0.25) is 4.68 Å². The first-order valence-electron chi connectivity index (χ1n) is 9.95. The molecule has 33 heavy (non-hydrogen) atoms. The zero-order valence-electron chi connectivity index (χ0n) is 17.6. The highest BCUT2D eigenvalue weighted by molar-refractivity contribution is 7.28. The number of aryl methyl sites for hydroxylation is 1. The topological polar surface area (TPSA) is 102 Å². The van der Waals surface area contributed by atoms with E-state index >= 15 is 0 Å². The Morgan fingerprint density at radius 1 is 1.21 bits per heavy atom. The monoisotopic (exact) mass is 499 g/mol. The number of hydrogen-bond donors (Lipinski definition) is 2. The van der Waals surface area contributed by atoms with E-state index in [9.17, 15) is 13.2 Å². The average Bonchev–Trinajstić information content (AvgIpc) is 3.45. The summed E-state index contributed by atoms with van der Waals surface area (Å²) in [6, 6.07) is 4.15. The predicted octanol–water partition coefficient (Wildman–Crippen LogP) is 4.42. The van der Waals surface area contributed by atoms with Gasteiger partial charge in [0.1, 0.15) is 16.3 Å². The third kappa shape index (κ3) is 5.09. The van der Waals surface area contributed by atoms with Crippen molar-refractivity contribution in [2.75, 3.05) is 20.2 Å². The largest absolute Gasteiger partial charge is 0.494 e. The van der Waals surface area contributed by atoms with E-state index < -0.39 is 12.1 Å². The number of nitrogens with one attached hydrogen (secondary N) is 1. The second-order valence-electron chi connectivity index (χ2n) is 7.43. The molecular weight excluding hydrogens is 479 g/mol. The van der Waals surface area contributed by atoms with E-state index in [1.165, 1.54) is 17.8 Å². The van der Waals surface area contributed by atoms with Crippen LogP contribution < -0.4 is 10.1 Å². The molecule has 0 spiro atoms. The summed E-state index contributed by atoms with van der Waals surface area (Å²) < 4.78 is 39.1. The van der Waals surface area contributed by atoms with Crippen LogP contribution in [-0.2, 0) is 11.8 Å².